The summed E-state index contributed by atoms with van der Waals surface area (Å²) in [5.41, 5.74) is 0.772. The minimum absolute atomic E-state index is 0.00276. The molecule has 1 N–H and O–H groups in total. The van der Waals surface area contributed by atoms with E-state index in [0.717, 1.165) is 24.9 Å². The second-order valence-corrected chi connectivity index (χ2v) is 7.06. The molecule has 2 fully saturated rings. The fourth-order valence-electron chi connectivity index (χ4n) is 3.90. The summed E-state index contributed by atoms with van der Waals surface area (Å²) in [5, 5.41) is 14.1. The zero-order valence-corrected chi connectivity index (χ0v) is 14.6. The summed E-state index contributed by atoms with van der Waals surface area (Å²) >= 11 is 0. The number of carbonyl (C=O) groups is 1. The molecule has 1 aromatic heterocycles. The molecular weight excluding hydrogens is 334 g/mol. The second-order valence-electron chi connectivity index (χ2n) is 7.06. The van der Waals surface area contributed by atoms with Crippen molar-refractivity contribution in [2.75, 3.05) is 13.2 Å². The summed E-state index contributed by atoms with van der Waals surface area (Å²) in [4.78, 5) is 12.2. The van der Waals surface area contributed by atoms with Gasteiger partial charge in [-0.05, 0) is 41.8 Å². The maximum atomic E-state index is 12.2. The number of hydrogen-bond acceptors (Lipinski definition) is 6. The number of carbonyl (C=O) groups excluding carboxylic acids is 1. The van der Waals surface area contributed by atoms with Crippen LogP contribution < -0.4 is 10.1 Å². The van der Waals surface area contributed by atoms with Gasteiger partial charge in [0.25, 0.3) is 5.91 Å². The maximum absolute atomic E-state index is 12.2. The lowest BCUT2D eigenvalue weighted by Crippen LogP contribution is -2.39. The van der Waals surface area contributed by atoms with Crippen LogP contribution in [0.3, 0.4) is 0 Å². The highest BCUT2D eigenvalue weighted by Gasteiger charge is 2.41. The van der Waals surface area contributed by atoms with Crippen LogP contribution in [0.5, 0.6) is 5.75 Å². The number of rotatable bonds is 5. The van der Waals surface area contributed by atoms with Crippen molar-refractivity contribution in [3.63, 3.8) is 0 Å². The number of aromatic nitrogens is 4. The van der Waals surface area contributed by atoms with Crippen molar-refractivity contribution in [1.29, 1.82) is 0 Å². The molecule has 4 rings (SSSR count). The molecule has 8 nitrogen and oxygen atoms in total. The number of nitrogens with zero attached hydrogens (tertiary/aromatic N) is 4. The van der Waals surface area contributed by atoms with Gasteiger partial charge in [-0.2, -0.15) is 0 Å². The Bertz CT molecular complexity index is 743. The van der Waals surface area contributed by atoms with Gasteiger partial charge >= 0.3 is 0 Å². The molecule has 138 valence electrons. The van der Waals surface area contributed by atoms with E-state index in [1.54, 1.807) is 12.1 Å². The molecule has 1 aliphatic heterocycles. The van der Waals surface area contributed by atoms with Gasteiger partial charge in [0.1, 0.15) is 12.1 Å². The van der Waals surface area contributed by atoms with E-state index >= 15 is 0 Å². The van der Waals surface area contributed by atoms with Gasteiger partial charge in [0.2, 0.25) is 0 Å². The summed E-state index contributed by atoms with van der Waals surface area (Å²) in [6.45, 7) is 0.573. The Hall–Kier alpha value is -2.48. The normalized spacial score (nSPS) is 21.6. The first-order valence-electron chi connectivity index (χ1n) is 9.12. The van der Waals surface area contributed by atoms with Crippen LogP contribution in [0, 0.1) is 0 Å². The van der Waals surface area contributed by atoms with Crippen molar-refractivity contribution in [1.82, 2.24) is 25.5 Å². The smallest absolute Gasteiger partial charge is 0.258 e. The summed E-state index contributed by atoms with van der Waals surface area (Å²) in [6.07, 6.45) is 8.38. The van der Waals surface area contributed by atoms with Crippen LogP contribution in [0.25, 0.3) is 5.69 Å². The van der Waals surface area contributed by atoms with E-state index in [1.165, 1.54) is 30.3 Å². The van der Waals surface area contributed by atoms with Gasteiger partial charge < -0.3 is 14.8 Å². The molecule has 1 unspecified atom stereocenters. The van der Waals surface area contributed by atoms with Crippen LogP contribution in [0.15, 0.2) is 30.6 Å². The van der Waals surface area contributed by atoms with Gasteiger partial charge in [-0.3, -0.25) is 4.79 Å². The number of hydrogen-bond donors (Lipinski definition) is 1. The first-order chi connectivity index (χ1) is 12.7. The Kier molecular flexibility index (Phi) is 4.83. The fraction of sp³-hybridized carbons (Fsp3) is 0.556. The second kappa shape index (κ2) is 7.41. The van der Waals surface area contributed by atoms with E-state index in [9.17, 15) is 4.79 Å². The van der Waals surface area contributed by atoms with Gasteiger partial charge in [-0.25, -0.2) is 4.68 Å². The van der Waals surface area contributed by atoms with Crippen molar-refractivity contribution < 1.29 is 14.3 Å². The van der Waals surface area contributed by atoms with Gasteiger partial charge in [0.05, 0.1) is 23.9 Å². The molecule has 2 aliphatic rings. The van der Waals surface area contributed by atoms with E-state index in [0.29, 0.717) is 12.4 Å². The molecule has 2 aromatic rings. The lowest BCUT2D eigenvalue weighted by molar-refractivity contribution is -0.123. The van der Waals surface area contributed by atoms with Gasteiger partial charge in [0.15, 0.2) is 6.61 Å². The number of amides is 1. The third-order valence-corrected chi connectivity index (χ3v) is 5.14. The predicted octanol–water partition coefficient (Wildman–Crippen LogP) is 1.65. The highest BCUT2D eigenvalue weighted by atomic mass is 16.5. The SMILES string of the molecule is O=C(COc1cccc(-n2cnnn2)c1)NC1COC2(CCCCC2)C1. The largest absolute Gasteiger partial charge is 0.484 e. The Balaban J connectivity index is 1.27. The Morgan fingerprint density at radius 3 is 3.04 bits per heavy atom. The van der Waals surface area contributed by atoms with E-state index in [-0.39, 0.29) is 24.2 Å². The summed E-state index contributed by atoms with van der Waals surface area (Å²) in [5.74, 6) is 0.471. The van der Waals surface area contributed by atoms with E-state index in [2.05, 4.69) is 20.8 Å². The van der Waals surface area contributed by atoms with E-state index in [4.69, 9.17) is 9.47 Å². The molecule has 1 aromatic carbocycles. The Morgan fingerprint density at radius 2 is 2.23 bits per heavy atom. The Labute approximate surface area is 151 Å². The topological polar surface area (TPSA) is 91.2 Å². The molecule has 0 bridgehead atoms. The van der Waals surface area contributed by atoms with Crippen molar-refractivity contribution >= 4 is 5.91 Å². The molecular formula is C18H23N5O3. The van der Waals surface area contributed by atoms with Crippen molar-refractivity contribution in [2.45, 2.75) is 50.2 Å². The highest BCUT2D eigenvalue weighted by molar-refractivity contribution is 5.77. The summed E-state index contributed by atoms with van der Waals surface area (Å²) in [7, 11) is 0. The number of nitrogens with one attached hydrogen (secondary N) is 1. The van der Waals surface area contributed by atoms with E-state index < -0.39 is 0 Å². The molecule has 26 heavy (non-hydrogen) atoms. The molecule has 1 amide bonds. The lowest BCUT2D eigenvalue weighted by Gasteiger charge is -2.32. The van der Waals surface area contributed by atoms with Crippen molar-refractivity contribution in [3.8, 4) is 11.4 Å². The standard InChI is InChI=1S/C18H23N5O3/c24-17(20-14-10-18(26-11-14)7-2-1-3-8-18)12-25-16-6-4-5-15(9-16)23-13-19-21-22-23/h4-6,9,13-14H,1-3,7-8,10-12H2,(H,20,24). The first-order valence-corrected chi connectivity index (χ1v) is 9.12. The quantitative estimate of drug-likeness (QED) is 0.875. The first kappa shape index (κ1) is 17.0. The van der Waals surface area contributed by atoms with Crippen LogP contribution >= 0.6 is 0 Å². The zero-order valence-electron chi connectivity index (χ0n) is 14.6. The van der Waals surface area contributed by atoms with Gasteiger partial charge in [-0.1, -0.05) is 25.3 Å². The lowest BCUT2D eigenvalue weighted by atomic mass is 9.82. The average molecular weight is 357 g/mol. The van der Waals surface area contributed by atoms with Crippen LogP contribution in [-0.4, -0.2) is 51.0 Å². The van der Waals surface area contributed by atoms with Crippen LogP contribution in [0.1, 0.15) is 38.5 Å². The van der Waals surface area contributed by atoms with Crippen LogP contribution in [-0.2, 0) is 9.53 Å². The Morgan fingerprint density at radius 1 is 1.35 bits per heavy atom. The van der Waals surface area contributed by atoms with E-state index in [1.807, 2.05) is 12.1 Å². The van der Waals surface area contributed by atoms with Gasteiger partial charge in [-0.15, -0.1) is 5.10 Å². The van der Waals surface area contributed by atoms with Gasteiger partial charge in [0, 0.05) is 6.07 Å². The molecule has 8 heteroatoms. The third-order valence-electron chi connectivity index (χ3n) is 5.14. The maximum Gasteiger partial charge on any atom is 0.258 e. The number of benzene rings is 1. The van der Waals surface area contributed by atoms with Crippen molar-refractivity contribution in [2.24, 2.45) is 0 Å². The highest BCUT2D eigenvalue weighted by Crippen LogP contribution is 2.39. The predicted molar refractivity (Wildman–Crippen MR) is 93.0 cm³/mol. The minimum Gasteiger partial charge on any atom is -0.484 e. The fourth-order valence-corrected chi connectivity index (χ4v) is 3.90. The molecule has 2 heterocycles. The third kappa shape index (κ3) is 3.85. The molecule has 1 aliphatic carbocycles. The molecule has 1 saturated heterocycles. The zero-order chi connectivity index (χ0) is 17.8. The van der Waals surface area contributed by atoms with Crippen LogP contribution in [0.4, 0.5) is 0 Å². The monoisotopic (exact) mass is 357 g/mol. The average Bonchev–Trinajstić information content (AvgIpc) is 3.32. The molecule has 0 radical (unpaired) electrons. The molecule has 1 spiro atoms. The molecule has 1 saturated carbocycles. The number of ether oxygens (including phenoxy) is 2. The molecule has 1 atom stereocenters. The minimum atomic E-state index is -0.126. The van der Waals surface area contributed by atoms with Crippen LogP contribution in [0.2, 0.25) is 0 Å². The van der Waals surface area contributed by atoms with Crippen molar-refractivity contribution in [3.05, 3.63) is 30.6 Å². The number of tetrazole rings is 1. The summed E-state index contributed by atoms with van der Waals surface area (Å²) in [6, 6.07) is 7.37. The summed E-state index contributed by atoms with van der Waals surface area (Å²) < 4.78 is 13.2.